The molecular weight excluding hydrogens is 1990 g/mol. The maximum atomic E-state index is 13.2. The van der Waals surface area contributed by atoms with Crippen LogP contribution >= 0.6 is 243 Å². The van der Waals surface area contributed by atoms with E-state index in [1.54, 1.807) is 130 Å². The van der Waals surface area contributed by atoms with Crippen molar-refractivity contribution in [3.63, 3.8) is 0 Å². The van der Waals surface area contributed by atoms with Crippen molar-refractivity contribution in [1.82, 2.24) is 10.6 Å². The monoisotopic (exact) mass is 2040 g/mol. The van der Waals surface area contributed by atoms with Gasteiger partial charge in [-0.1, -0.05) is 132 Å². The second-order valence-electron chi connectivity index (χ2n) is 21.6. The summed E-state index contributed by atoms with van der Waals surface area (Å²) in [5.74, 6) is -2.15. The number of benzene rings is 7. The highest BCUT2D eigenvalue weighted by Gasteiger charge is 2.44. The van der Waals surface area contributed by atoms with Crippen LogP contribution in [-0.2, 0) is 65.9 Å². The molecule has 0 fully saturated rings. The van der Waals surface area contributed by atoms with Gasteiger partial charge in [-0.15, -0.1) is 45.3 Å². The minimum Gasteiger partial charge on any atom is -0.369 e. The zero-order valence-corrected chi connectivity index (χ0v) is 76.9. The Morgan fingerprint density at radius 3 is 1.06 bits per heavy atom. The van der Waals surface area contributed by atoms with Gasteiger partial charge in [0.15, 0.2) is 40.1 Å². The minimum atomic E-state index is -4.79. The molecule has 7 aromatic carbocycles. The van der Waals surface area contributed by atoms with Crippen molar-refractivity contribution in [3.8, 4) is 0 Å². The van der Waals surface area contributed by atoms with Gasteiger partial charge in [0.25, 0.3) is 0 Å². The number of carbonyl (C=O) groups is 3. The van der Waals surface area contributed by atoms with Crippen LogP contribution in [0.15, 0.2) is 166 Å². The molecule has 6 N–H and O–H groups in total. The third-order valence-corrected chi connectivity index (χ3v) is 28.6. The minimum absolute atomic E-state index is 0.229. The van der Waals surface area contributed by atoms with Gasteiger partial charge < -0.3 is 53.3 Å². The average molecular weight is 2050 g/mol. The van der Waals surface area contributed by atoms with E-state index in [-0.39, 0.29) is 11.7 Å². The highest BCUT2D eigenvalue weighted by molar-refractivity contribution is 14.1. The van der Waals surface area contributed by atoms with Gasteiger partial charge in [-0.2, -0.15) is 15.5 Å². The summed E-state index contributed by atoms with van der Waals surface area (Å²) in [4.78, 5) is 58.8. The number of halogens is 13. The molecule has 3 amide bonds. The summed E-state index contributed by atoms with van der Waals surface area (Å²) in [6.45, 7) is 0. The first-order chi connectivity index (χ1) is 52.1. The summed E-state index contributed by atoms with van der Waals surface area (Å²) in [5, 5.41) is 20.2. The zero-order valence-electron chi connectivity index (χ0n) is 57.9. The van der Waals surface area contributed by atoms with Crippen LogP contribution in [0.5, 0.6) is 0 Å². The standard InChI is InChI=1S/C20H17Cl3NO4PS.C18H13Cl3NO4PS.C12H13ClNO4PS.C11H12ClO3PS.C8H5BrCl2.CH4S.FI/c1-27-29(26,28-2)19(17-11-30-18-4-3-13(21)10-16(17)18)20(25)24-6-5-12-7-14(22)9-15(23)8-12;19-11-1-2-16-14(8-11)15(9-28-16)17(27(24,25)26)18(23)22-4-3-10-5-12(20)7-13(21)6-10;1-17-19(16,18-2)11(12(14)15)9-6-20-10-4-3-7(13)5-8(9)10;1-14-16(13,15-2)6-8-7-17-11-4-3-9(12)5-10(8)11;9-2-1-6-3-7(10)5-8(11)4-6;2*1-2/h3-11,19H,1-2H3,(H,24,25);1-9,17H,(H,22,23)(H2,24,25,26);3-6,11H,1-2H3,(H2,14,15);3-5,7H,6H2,1-2H3;1-5H;2H,1H3;/b6-5+;4-3+;;;;;. The molecular formula is C70H64BrCl10FIN3O15P4S5. The molecule has 0 aliphatic heterocycles. The maximum Gasteiger partial charge on any atom is 0.347 e. The Balaban J connectivity index is 0.000000251. The first kappa shape index (κ1) is 97.6. The number of hydrogen-bond acceptors (Lipinski definition) is 18. The van der Waals surface area contributed by atoms with Crippen molar-refractivity contribution in [2.75, 3.05) is 48.9 Å². The lowest BCUT2D eigenvalue weighted by molar-refractivity contribution is -0.121. The van der Waals surface area contributed by atoms with Crippen molar-refractivity contribution in [2.24, 2.45) is 5.73 Å². The Hall–Kier alpha value is -3.00. The highest BCUT2D eigenvalue weighted by atomic mass is 127. The SMILES string of the molecule is COP(=O)(Cc1csc2ccc(Cl)cc12)OC.COP(=O)(OC)C(C(=O)N/C=C/c1cc(Cl)cc(Cl)c1)c1csc2ccc(Cl)cc12.COP(=O)(OC)C(C(N)=O)c1csc2ccc(Cl)cc12.CS.Clc1cc(Cl)cc(C=CBr)c1.FI.O=C(N/C=C/c1cc(Cl)cc(Cl)c1)C(c1csc2ccc(Cl)cc12)P(=O)(O)O. The number of hydrogen-bond donors (Lipinski definition) is 6. The molecule has 0 aliphatic carbocycles. The predicted molar refractivity (Wildman–Crippen MR) is 477 cm³/mol. The van der Waals surface area contributed by atoms with Crippen molar-refractivity contribution in [2.45, 2.75) is 23.1 Å². The summed E-state index contributed by atoms with van der Waals surface area (Å²) >= 11 is 72.4. The lowest BCUT2D eigenvalue weighted by atomic mass is 10.1. The molecule has 11 aromatic rings. The van der Waals surface area contributed by atoms with E-state index in [1.165, 1.54) is 95.1 Å². The van der Waals surface area contributed by atoms with Gasteiger partial charge >= 0.3 is 30.4 Å². The summed E-state index contributed by atoms with van der Waals surface area (Å²) in [5.41, 5.74) is 5.88. The van der Waals surface area contributed by atoms with Crippen molar-refractivity contribution >= 4 is 320 Å². The first-order valence-electron chi connectivity index (χ1n) is 30.5. The van der Waals surface area contributed by atoms with Gasteiger partial charge in [0.05, 0.1) is 6.16 Å². The number of carbonyl (C=O) groups excluding carboxylic acids is 3. The molecule has 0 radical (unpaired) electrons. The lowest BCUT2D eigenvalue weighted by Crippen LogP contribution is -2.26. The van der Waals surface area contributed by atoms with Crippen LogP contribution < -0.4 is 16.4 Å². The fourth-order valence-corrected chi connectivity index (χ4v) is 21.8. The van der Waals surface area contributed by atoms with Gasteiger partial charge in [-0.3, -0.25) is 32.6 Å². The van der Waals surface area contributed by atoms with Crippen molar-refractivity contribution in [3.05, 3.63) is 255 Å². The predicted octanol–water partition coefficient (Wildman–Crippen LogP) is 27.4. The van der Waals surface area contributed by atoms with Crippen LogP contribution in [0, 0.1) is 0 Å². The highest BCUT2D eigenvalue weighted by Crippen LogP contribution is 2.63. The fourth-order valence-electron chi connectivity index (χ4n) is 9.95. The van der Waals surface area contributed by atoms with E-state index in [0.29, 0.717) is 106 Å². The average Bonchev–Trinajstić information content (AvgIpc) is 1.59. The molecule has 0 saturated heterocycles. The smallest absolute Gasteiger partial charge is 0.347 e. The quantitative estimate of drug-likeness (QED) is 0.0209. The number of primary amides is 1. The van der Waals surface area contributed by atoms with Gasteiger partial charge in [-0.05, 0) is 239 Å². The normalized spacial score (nSPS) is 12.5. The van der Waals surface area contributed by atoms with E-state index >= 15 is 0 Å². The van der Waals surface area contributed by atoms with E-state index in [0.717, 1.165) is 40.7 Å². The van der Waals surface area contributed by atoms with Crippen LogP contribution in [0.2, 0.25) is 50.2 Å². The molecule has 590 valence electrons. The number of thiophene rings is 4. The van der Waals surface area contributed by atoms with Gasteiger partial charge in [0, 0.05) is 124 Å². The molecule has 0 spiro atoms. The van der Waals surface area contributed by atoms with Gasteiger partial charge in [0.2, 0.25) is 17.7 Å². The number of amides is 3. The molecule has 18 nitrogen and oxygen atoms in total. The van der Waals surface area contributed by atoms with Crippen molar-refractivity contribution < 1.29 is 72.4 Å². The Kier molecular flexibility index (Phi) is 41.5. The molecule has 40 heteroatoms. The van der Waals surface area contributed by atoms with E-state index in [1.807, 2.05) is 53.9 Å². The lowest BCUT2D eigenvalue weighted by Gasteiger charge is -2.23. The number of thiol groups is 1. The summed E-state index contributed by atoms with van der Waals surface area (Å²) < 4.78 is 93.1. The molecule has 3 atom stereocenters. The van der Waals surface area contributed by atoms with E-state index < -0.39 is 65.1 Å². The van der Waals surface area contributed by atoms with Crippen molar-refractivity contribution in [1.29, 1.82) is 0 Å². The summed E-state index contributed by atoms with van der Waals surface area (Å²) in [6, 6.07) is 36.5. The number of nitrogens with one attached hydrogen (secondary N) is 2. The molecule has 3 unspecified atom stereocenters. The van der Waals surface area contributed by atoms with Crippen LogP contribution in [0.1, 0.15) is 55.9 Å². The Morgan fingerprint density at radius 1 is 0.455 bits per heavy atom. The largest absolute Gasteiger partial charge is 0.369 e. The van der Waals surface area contributed by atoms with Gasteiger partial charge in [0.1, 0.15) is 0 Å². The second kappa shape index (κ2) is 46.8. The fraction of sp³-hybridized carbons (Fsp3) is 0.157. The maximum absolute atomic E-state index is 13.2. The summed E-state index contributed by atoms with van der Waals surface area (Å²) in [7, 11) is -7.56. The van der Waals surface area contributed by atoms with Crippen LogP contribution in [-0.4, -0.2) is 76.4 Å². The first-order valence-corrected chi connectivity index (χ1v) is 47.0. The van der Waals surface area contributed by atoms with Crippen LogP contribution in [0.3, 0.4) is 0 Å². The second-order valence-corrected chi connectivity index (χ2v) is 38.8. The molecule has 4 heterocycles. The van der Waals surface area contributed by atoms with Gasteiger partial charge in [-0.25, -0.2) is 0 Å². The summed E-state index contributed by atoms with van der Waals surface area (Å²) in [6.07, 6.45) is 9.69. The molecule has 11 rings (SSSR count). The Morgan fingerprint density at radius 2 is 0.745 bits per heavy atom. The number of fused-ring (bicyclic) bond motifs is 4. The number of nitrogens with two attached hydrogens (primary N) is 1. The third-order valence-electron chi connectivity index (χ3n) is 14.8. The molecule has 0 saturated carbocycles. The zero-order chi connectivity index (χ0) is 82.0. The molecule has 0 aliphatic rings. The van der Waals surface area contributed by atoms with E-state index in [2.05, 4.69) is 39.2 Å². The van der Waals surface area contributed by atoms with Crippen LogP contribution in [0.25, 0.3) is 58.6 Å². The molecule has 110 heavy (non-hydrogen) atoms. The Labute approximate surface area is 728 Å². The molecule has 4 aromatic heterocycles. The Bertz CT molecular complexity index is 5230. The third kappa shape index (κ3) is 28.1. The topological polar surface area (TPSA) is 265 Å². The number of rotatable bonds is 22. The van der Waals surface area contributed by atoms with Crippen LogP contribution in [0.4, 0.5) is 2.86 Å². The molecule has 0 bridgehead atoms. The van der Waals surface area contributed by atoms with E-state index in [4.69, 9.17) is 149 Å². The van der Waals surface area contributed by atoms with E-state index in [9.17, 15) is 45.3 Å².